The highest BCUT2D eigenvalue weighted by molar-refractivity contribution is 5.78. The van der Waals surface area contributed by atoms with Crippen molar-refractivity contribution in [2.45, 2.75) is 6.92 Å². The van der Waals surface area contributed by atoms with Crippen molar-refractivity contribution >= 4 is 17.5 Å². The molecule has 0 bridgehead atoms. The second-order valence-electron chi connectivity index (χ2n) is 4.78. The first kappa shape index (κ1) is 15.1. The van der Waals surface area contributed by atoms with Gasteiger partial charge in [-0.2, -0.15) is 0 Å². The number of likely N-dealkylation sites (N-methyl/N-ethyl adjacent to an activating group) is 1. The van der Waals surface area contributed by atoms with E-state index < -0.39 is 0 Å². The van der Waals surface area contributed by atoms with Crippen LogP contribution in [0.1, 0.15) is 18.2 Å². The van der Waals surface area contributed by atoms with Gasteiger partial charge in [-0.25, -0.2) is 4.98 Å². The summed E-state index contributed by atoms with van der Waals surface area (Å²) in [5.74, 6) is 0.932. The van der Waals surface area contributed by atoms with Gasteiger partial charge in [-0.05, 0) is 36.3 Å². The molecule has 5 nitrogen and oxygen atoms in total. The number of aromatic nitrogens is 3. The molecule has 5 heteroatoms. The largest absolute Gasteiger partial charge is 0.383 e. The predicted molar refractivity (Wildman–Crippen MR) is 85.0 cm³/mol. The Morgan fingerprint density at radius 1 is 1.24 bits per heavy atom. The molecule has 0 saturated heterocycles. The van der Waals surface area contributed by atoms with E-state index in [1.165, 1.54) is 0 Å². The average molecular weight is 284 g/mol. The highest BCUT2D eigenvalue weighted by Gasteiger charge is 2.02. The van der Waals surface area contributed by atoms with Gasteiger partial charge < -0.3 is 9.64 Å². The zero-order valence-corrected chi connectivity index (χ0v) is 12.7. The molecule has 2 aromatic heterocycles. The highest BCUT2D eigenvalue weighted by Crippen LogP contribution is 2.16. The maximum Gasteiger partial charge on any atom is 0.128 e. The van der Waals surface area contributed by atoms with Gasteiger partial charge in [-0.15, -0.1) is 0 Å². The van der Waals surface area contributed by atoms with E-state index in [9.17, 15) is 0 Å². The third kappa shape index (κ3) is 4.36. The number of methoxy groups -OCH3 is 1. The van der Waals surface area contributed by atoms with E-state index >= 15 is 0 Å². The van der Waals surface area contributed by atoms with Crippen molar-refractivity contribution in [1.29, 1.82) is 0 Å². The first-order valence-corrected chi connectivity index (χ1v) is 6.81. The third-order valence-electron chi connectivity index (χ3n) is 3.14. The Balaban J connectivity index is 2.09. The van der Waals surface area contributed by atoms with Crippen LogP contribution in [0.2, 0.25) is 0 Å². The summed E-state index contributed by atoms with van der Waals surface area (Å²) in [6.07, 6.45) is 9.03. The van der Waals surface area contributed by atoms with E-state index in [0.29, 0.717) is 6.61 Å². The fourth-order valence-electron chi connectivity index (χ4n) is 1.88. The van der Waals surface area contributed by atoms with Crippen molar-refractivity contribution < 1.29 is 4.74 Å². The van der Waals surface area contributed by atoms with Crippen molar-refractivity contribution in [3.05, 3.63) is 48.2 Å². The van der Waals surface area contributed by atoms with Crippen LogP contribution in [0.25, 0.3) is 11.6 Å². The molecule has 0 fully saturated rings. The lowest BCUT2D eigenvalue weighted by Gasteiger charge is -2.17. The van der Waals surface area contributed by atoms with Gasteiger partial charge in [0, 0.05) is 39.3 Å². The van der Waals surface area contributed by atoms with Gasteiger partial charge in [0.15, 0.2) is 0 Å². The van der Waals surface area contributed by atoms with Gasteiger partial charge in [-0.1, -0.05) is 0 Å². The molecule has 0 N–H and O–H groups in total. The van der Waals surface area contributed by atoms with E-state index in [-0.39, 0.29) is 0 Å². The standard InChI is InChI=1S/C16H20N4O/c1-13(15-12-17-6-7-18-15)10-14-4-5-16(19-11-14)20(2)8-9-21-3/h4-7,10-12H,8-9H2,1-3H3/b13-10-. The molecule has 0 amide bonds. The maximum atomic E-state index is 5.07. The molecule has 2 rings (SSSR count). The summed E-state index contributed by atoms with van der Waals surface area (Å²) in [5, 5.41) is 0. The number of nitrogens with zero attached hydrogens (tertiary/aromatic N) is 4. The highest BCUT2D eigenvalue weighted by atomic mass is 16.5. The van der Waals surface area contributed by atoms with Crippen molar-refractivity contribution in [3.8, 4) is 0 Å². The van der Waals surface area contributed by atoms with Crippen LogP contribution in [-0.2, 0) is 4.74 Å². The number of allylic oxidation sites excluding steroid dienone is 1. The lowest BCUT2D eigenvalue weighted by molar-refractivity contribution is 0.206. The molecule has 0 aliphatic rings. The number of hydrogen-bond donors (Lipinski definition) is 0. The number of pyridine rings is 1. The summed E-state index contributed by atoms with van der Waals surface area (Å²) in [6.45, 7) is 3.52. The molecule has 0 radical (unpaired) electrons. The van der Waals surface area contributed by atoms with E-state index in [4.69, 9.17) is 4.74 Å². The molecular formula is C16H20N4O. The second kappa shape index (κ2) is 7.50. The van der Waals surface area contributed by atoms with E-state index in [1.807, 2.05) is 32.3 Å². The van der Waals surface area contributed by atoms with Crippen LogP contribution in [0.4, 0.5) is 5.82 Å². The average Bonchev–Trinajstić information content (AvgIpc) is 2.54. The summed E-state index contributed by atoms with van der Waals surface area (Å²) < 4.78 is 5.07. The molecular weight excluding hydrogens is 264 g/mol. The van der Waals surface area contributed by atoms with E-state index in [1.54, 1.807) is 25.7 Å². The number of ether oxygens (including phenoxy) is 1. The first-order valence-electron chi connectivity index (χ1n) is 6.81. The van der Waals surface area contributed by atoms with E-state index in [0.717, 1.165) is 29.2 Å². The van der Waals surface area contributed by atoms with Crippen LogP contribution < -0.4 is 4.90 Å². The molecule has 2 heterocycles. The normalized spacial score (nSPS) is 11.5. The minimum atomic E-state index is 0.686. The maximum absolute atomic E-state index is 5.07. The van der Waals surface area contributed by atoms with Crippen LogP contribution in [-0.4, -0.2) is 42.3 Å². The molecule has 0 aliphatic heterocycles. The Morgan fingerprint density at radius 3 is 2.71 bits per heavy atom. The molecule has 21 heavy (non-hydrogen) atoms. The van der Waals surface area contributed by atoms with Crippen LogP contribution in [0.3, 0.4) is 0 Å². The molecule has 110 valence electrons. The Hall–Kier alpha value is -2.27. The lowest BCUT2D eigenvalue weighted by atomic mass is 10.1. The van der Waals surface area contributed by atoms with E-state index in [2.05, 4.69) is 25.9 Å². The summed E-state index contributed by atoms with van der Waals surface area (Å²) in [6, 6.07) is 4.05. The van der Waals surface area contributed by atoms with Crippen LogP contribution in [0.5, 0.6) is 0 Å². The van der Waals surface area contributed by atoms with Gasteiger partial charge >= 0.3 is 0 Å². The summed E-state index contributed by atoms with van der Waals surface area (Å²) >= 11 is 0. The number of hydrogen-bond acceptors (Lipinski definition) is 5. The third-order valence-corrected chi connectivity index (χ3v) is 3.14. The Bertz CT molecular complexity index is 581. The lowest BCUT2D eigenvalue weighted by Crippen LogP contribution is -2.22. The van der Waals surface area contributed by atoms with Crippen LogP contribution in [0.15, 0.2) is 36.9 Å². The van der Waals surface area contributed by atoms with Gasteiger partial charge in [0.2, 0.25) is 0 Å². The minimum absolute atomic E-state index is 0.686. The topological polar surface area (TPSA) is 51.1 Å². The molecule has 0 unspecified atom stereocenters. The fraction of sp³-hybridized carbons (Fsp3) is 0.312. The quantitative estimate of drug-likeness (QED) is 0.816. The Labute approximate surface area is 125 Å². The van der Waals surface area contributed by atoms with Crippen LogP contribution in [0, 0.1) is 0 Å². The van der Waals surface area contributed by atoms with Crippen molar-refractivity contribution in [2.75, 3.05) is 32.2 Å². The first-order chi connectivity index (χ1) is 10.2. The Kier molecular flexibility index (Phi) is 5.40. The van der Waals surface area contributed by atoms with Gasteiger partial charge in [0.25, 0.3) is 0 Å². The van der Waals surface area contributed by atoms with Gasteiger partial charge in [0.1, 0.15) is 5.82 Å². The van der Waals surface area contributed by atoms with Gasteiger partial charge in [0.05, 0.1) is 18.5 Å². The summed E-state index contributed by atoms with van der Waals surface area (Å²) in [7, 11) is 3.70. The smallest absolute Gasteiger partial charge is 0.128 e. The SMILES string of the molecule is COCCN(C)c1ccc(/C=C(/C)c2cnccn2)cn1. The number of anilines is 1. The fourth-order valence-corrected chi connectivity index (χ4v) is 1.88. The molecule has 2 aromatic rings. The van der Waals surface area contributed by atoms with Crippen LogP contribution >= 0.6 is 0 Å². The number of rotatable bonds is 6. The summed E-state index contributed by atoms with van der Waals surface area (Å²) in [5.41, 5.74) is 2.98. The summed E-state index contributed by atoms with van der Waals surface area (Å²) in [4.78, 5) is 14.9. The Morgan fingerprint density at radius 2 is 2.10 bits per heavy atom. The molecule has 0 atom stereocenters. The minimum Gasteiger partial charge on any atom is -0.383 e. The van der Waals surface area contributed by atoms with Gasteiger partial charge in [-0.3, -0.25) is 9.97 Å². The van der Waals surface area contributed by atoms with Crippen molar-refractivity contribution in [3.63, 3.8) is 0 Å². The molecule has 0 spiro atoms. The second-order valence-corrected chi connectivity index (χ2v) is 4.78. The molecule has 0 saturated carbocycles. The zero-order valence-electron chi connectivity index (χ0n) is 12.7. The molecule has 0 aromatic carbocycles. The zero-order chi connectivity index (χ0) is 15.1. The van der Waals surface area contributed by atoms with Crippen molar-refractivity contribution in [1.82, 2.24) is 15.0 Å². The van der Waals surface area contributed by atoms with Crippen molar-refractivity contribution in [2.24, 2.45) is 0 Å². The molecule has 0 aliphatic carbocycles. The predicted octanol–water partition coefficient (Wildman–Crippen LogP) is 2.51. The monoisotopic (exact) mass is 284 g/mol.